The standard InChI is InChI=1S/C13H22N2O2S/c1-10-11(14)6-5-7-12(10)18(16,17)15-9-8-13(2,3)4/h5-7,15H,8-9,14H2,1-4H3. The van der Waals surface area contributed by atoms with Crippen molar-refractivity contribution in [1.82, 2.24) is 4.72 Å². The van der Waals surface area contributed by atoms with Gasteiger partial charge in [0.25, 0.3) is 0 Å². The smallest absolute Gasteiger partial charge is 0.240 e. The molecule has 1 aromatic rings. The number of anilines is 1. The lowest BCUT2D eigenvalue weighted by Gasteiger charge is -2.18. The SMILES string of the molecule is Cc1c(N)cccc1S(=O)(=O)NCCC(C)(C)C. The fourth-order valence-corrected chi connectivity index (χ4v) is 2.87. The molecule has 0 aromatic heterocycles. The highest BCUT2D eigenvalue weighted by atomic mass is 32.2. The lowest BCUT2D eigenvalue weighted by atomic mass is 9.93. The number of rotatable bonds is 4. The quantitative estimate of drug-likeness (QED) is 0.825. The summed E-state index contributed by atoms with van der Waals surface area (Å²) in [6, 6.07) is 4.93. The van der Waals surface area contributed by atoms with E-state index >= 15 is 0 Å². The van der Waals surface area contributed by atoms with E-state index in [1.54, 1.807) is 25.1 Å². The monoisotopic (exact) mass is 270 g/mol. The van der Waals surface area contributed by atoms with Gasteiger partial charge in [0.05, 0.1) is 4.90 Å². The Hall–Kier alpha value is -1.07. The van der Waals surface area contributed by atoms with Crippen LogP contribution in [0.4, 0.5) is 5.69 Å². The van der Waals surface area contributed by atoms with Gasteiger partial charge < -0.3 is 5.73 Å². The zero-order valence-electron chi connectivity index (χ0n) is 11.4. The summed E-state index contributed by atoms with van der Waals surface area (Å²) in [7, 11) is -3.47. The number of hydrogen-bond acceptors (Lipinski definition) is 3. The Morgan fingerprint density at radius 3 is 2.44 bits per heavy atom. The zero-order valence-corrected chi connectivity index (χ0v) is 12.3. The van der Waals surface area contributed by atoms with Crippen molar-refractivity contribution < 1.29 is 8.42 Å². The lowest BCUT2D eigenvalue weighted by Crippen LogP contribution is -2.28. The molecular weight excluding hydrogens is 248 g/mol. The van der Waals surface area contributed by atoms with Crippen molar-refractivity contribution in [2.75, 3.05) is 12.3 Å². The largest absolute Gasteiger partial charge is 0.398 e. The molecule has 102 valence electrons. The van der Waals surface area contributed by atoms with Crippen LogP contribution in [-0.2, 0) is 10.0 Å². The first kappa shape index (κ1) is 15.0. The van der Waals surface area contributed by atoms with Gasteiger partial charge in [0.1, 0.15) is 0 Å². The van der Waals surface area contributed by atoms with Gasteiger partial charge in [-0.2, -0.15) is 0 Å². The van der Waals surface area contributed by atoms with E-state index in [9.17, 15) is 8.42 Å². The molecule has 0 saturated heterocycles. The third-order valence-electron chi connectivity index (χ3n) is 2.78. The highest BCUT2D eigenvalue weighted by Gasteiger charge is 2.18. The van der Waals surface area contributed by atoms with Crippen LogP contribution in [-0.4, -0.2) is 15.0 Å². The molecule has 0 aliphatic rings. The summed E-state index contributed by atoms with van der Waals surface area (Å²) in [6.45, 7) is 8.38. The molecule has 0 heterocycles. The average Bonchev–Trinajstić information content (AvgIpc) is 2.19. The predicted octanol–water partition coefficient (Wildman–Crippen LogP) is 2.29. The molecule has 0 amide bonds. The molecule has 1 rings (SSSR count). The Labute approximate surface area is 110 Å². The van der Waals surface area contributed by atoms with Gasteiger partial charge in [0, 0.05) is 12.2 Å². The van der Waals surface area contributed by atoms with Gasteiger partial charge in [-0.25, -0.2) is 13.1 Å². The van der Waals surface area contributed by atoms with E-state index in [4.69, 9.17) is 5.73 Å². The number of benzene rings is 1. The van der Waals surface area contributed by atoms with E-state index in [2.05, 4.69) is 25.5 Å². The van der Waals surface area contributed by atoms with E-state index in [1.165, 1.54) is 0 Å². The first-order valence-corrected chi connectivity index (χ1v) is 7.46. The molecule has 0 bridgehead atoms. The summed E-state index contributed by atoms with van der Waals surface area (Å²) in [5, 5.41) is 0. The molecule has 4 nitrogen and oxygen atoms in total. The van der Waals surface area contributed by atoms with Gasteiger partial charge >= 0.3 is 0 Å². The van der Waals surface area contributed by atoms with Crippen molar-refractivity contribution in [2.24, 2.45) is 5.41 Å². The molecule has 0 saturated carbocycles. The molecule has 0 spiro atoms. The maximum Gasteiger partial charge on any atom is 0.240 e. The van der Waals surface area contributed by atoms with Gasteiger partial charge in [-0.3, -0.25) is 0 Å². The van der Waals surface area contributed by atoms with Crippen LogP contribution >= 0.6 is 0 Å². The number of nitrogens with two attached hydrogens (primary N) is 1. The van der Waals surface area contributed by atoms with Crippen LogP contribution in [0.5, 0.6) is 0 Å². The molecule has 3 N–H and O–H groups in total. The van der Waals surface area contributed by atoms with Crippen molar-refractivity contribution in [1.29, 1.82) is 0 Å². The average molecular weight is 270 g/mol. The number of nitrogen functional groups attached to an aromatic ring is 1. The summed E-state index contributed by atoms with van der Waals surface area (Å²) >= 11 is 0. The van der Waals surface area contributed by atoms with Crippen molar-refractivity contribution in [3.63, 3.8) is 0 Å². The molecule has 0 aliphatic carbocycles. The van der Waals surface area contributed by atoms with Crippen molar-refractivity contribution in [3.05, 3.63) is 23.8 Å². The van der Waals surface area contributed by atoms with Gasteiger partial charge in [-0.1, -0.05) is 26.8 Å². The maximum atomic E-state index is 12.1. The minimum Gasteiger partial charge on any atom is -0.398 e. The molecule has 1 aromatic carbocycles. The lowest BCUT2D eigenvalue weighted by molar-refractivity contribution is 0.378. The minimum absolute atomic E-state index is 0.104. The molecule has 0 aliphatic heterocycles. The van der Waals surface area contributed by atoms with E-state index in [-0.39, 0.29) is 10.3 Å². The minimum atomic E-state index is -3.47. The van der Waals surface area contributed by atoms with Gasteiger partial charge in [-0.15, -0.1) is 0 Å². The fraction of sp³-hybridized carbons (Fsp3) is 0.538. The fourth-order valence-electron chi connectivity index (χ4n) is 1.56. The Bertz CT molecular complexity index is 516. The molecule has 0 unspecified atom stereocenters. The van der Waals surface area contributed by atoms with Gasteiger partial charge in [0.2, 0.25) is 10.0 Å². The molecule has 0 fully saturated rings. The van der Waals surface area contributed by atoms with Crippen LogP contribution in [0.2, 0.25) is 0 Å². The van der Waals surface area contributed by atoms with E-state index in [1.807, 2.05) is 0 Å². The zero-order chi connectivity index (χ0) is 14.0. The van der Waals surface area contributed by atoms with Crippen LogP contribution in [0.25, 0.3) is 0 Å². The van der Waals surface area contributed by atoms with Crippen LogP contribution in [0.3, 0.4) is 0 Å². The Morgan fingerprint density at radius 1 is 1.28 bits per heavy atom. The molecule has 18 heavy (non-hydrogen) atoms. The third kappa shape index (κ3) is 3.99. The first-order valence-electron chi connectivity index (χ1n) is 5.98. The van der Waals surface area contributed by atoms with E-state index in [0.29, 0.717) is 17.8 Å². The molecule has 5 heteroatoms. The Morgan fingerprint density at radius 2 is 1.89 bits per heavy atom. The van der Waals surface area contributed by atoms with Gasteiger partial charge in [-0.05, 0) is 36.5 Å². The van der Waals surface area contributed by atoms with E-state index < -0.39 is 10.0 Å². The topological polar surface area (TPSA) is 72.2 Å². The Kier molecular flexibility index (Phi) is 4.40. The summed E-state index contributed by atoms with van der Waals surface area (Å²) in [6.07, 6.45) is 0.785. The van der Waals surface area contributed by atoms with Crippen LogP contribution in [0.1, 0.15) is 32.8 Å². The van der Waals surface area contributed by atoms with Gasteiger partial charge in [0.15, 0.2) is 0 Å². The molecule has 0 radical (unpaired) electrons. The number of nitrogens with one attached hydrogen (secondary N) is 1. The first-order chi connectivity index (χ1) is 8.13. The van der Waals surface area contributed by atoms with Crippen molar-refractivity contribution >= 4 is 15.7 Å². The summed E-state index contributed by atoms with van der Waals surface area (Å²) in [5.41, 5.74) is 6.92. The second kappa shape index (κ2) is 5.28. The predicted molar refractivity (Wildman–Crippen MR) is 74.9 cm³/mol. The van der Waals surface area contributed by atoms with Crippen molar-refractivity contribution in [3.8, 4) is 0 Å². The van der Waals surface area contributed by atoms with Crippen molar-refractivity contribution in [2.45, 2.75) is 39.0 Å². The third-order valence-corrected chi connectivity index (χ3v) is 4.39. The van der Waals surface area contributed by atoms with Crippen LogP contribution in [0, 0.1) is 12.3 Å². The second-order valence-electron chi connectivity index (χ2n) is 5.68. The highest BCUT2D eigenvalue weighted by Crippen LogP contribution is 2.21. The summed E-state index contributed by atoms with van der Waals surface area (Å²) < 4.78 is 26.9. The highest BCUT2D eigenvalue weighted by molar-refractivity contribution is 7.89. The number of hydrogen-bond donors (Lipinski definition) is 2. The molecular formula is C13H22N2O2S. The summed E-state index contributed by atoms with van der Waals surface area (Å²) in [4.78, 5) is 0.261. The summed E-state index contributed by atoms with van der Waals surface area (Å²) in [5.74, 6) is 0. The van der Waals surface area contributed by atoms with E-state index in [0.717, 1.165) is 6.42 Å². The van der Waals surface area contributed by atoms with Crippen LogP contribution < -0.4 is 10.5 Å². The molecule has 0 atom stereocenters. The second-order valence-corrected chi connectivity index (χ2v) is 7.41. The number of sulfonamides is 1. The maximum absolute atomic E-state index is 12.1. The van der Waals surface area contributed by atoms with Crippen LogP contribution in [0.15, 0.2) is 23.1 Å². The Balaban J connectivity index is 2.84. The normalized spacial score (nSPS) is 12.7.